The number of ether oxygens (including phenoxy) is 1. The highest BCUT2D eigenvalue weighted by molar-refractivity contribution is 5.99. The summed E-state index contributed by atoms with van der Waals surface area (Å²) in [6.07, 6.45) is -2.00. The molecule has 0 bridgehead atoms. The molecule has 9 heteroatoms. The van der Waals surface area contributed by atoms with Gasteiger partial charge in [0.2, 0.25) is 5.88 Å². The Morgan fingerprint density at radius 2 is 2.17 bits per heavy atom. The molecule has 2 amide bonds. The van der Waals surface area contributed by atoms with Crippen molar-refractivity contribution in [2.75, 3.05) is 17.2 Å². The summed E-state index contributed by atoms with van der Waals surface area (Å²) < 4.78 is 34.0. The first-order valence-corrected chi connectivity index (χ1v) is 6.90. The Bertz CT molecular complexity index is 676. The number of hydrogen-bond donors (Lipinski definition) is 2. The molecular formula is C14H16F2N4O3. The van der Waals surface area contributed by atoms with E-state index in [-0.39, 0.29) is 11.7 Å². The Kier molecular flexibility index (Phi) is 5.45. The summed E-state index contributed by atoms with van der Waals surface area (Å²) in [6.45, 7) is 2.80. The van der Waals surface area contributed by atoms with Crippen molar-refractivity contribution < 1.29 is 22.8 Å². The number of carbonyl (C=O) groups is 1. The Morgan fingerprint density at radius 1 is 1.39 bits per heavy atom. The first kappa shape index (κ1) is 16.7. The molecule has 0 saturated heterocycles. The highest BCUT2D eigenvalue weighted by Gasteiger charge is 2.14. The summed E-state index contributed by atoms with van der Waals surface area (Å²) in [6, 6.07) is 3.91. The van der Waals surface area contributed by atoms with Gasteiger partial charge < -0.3 is 14.6 Å². The number of nitrogens with zero attached hydrogens (tertiary/aromatic N) is 2. The topological polar surface area (TPSA) is 89.3 Å². The minimum atomic E-state index is -2.60. The number of carbonyl (C=O) groups excluding carboxylic acids is 1. The van der Waals surface area contributed by atoms with Crippen molar-refractivity contribution in [2.24, 2.45) is 0 Å². The zero-order valence-corrected chi connectivity index (χ0v) is 12.6. The maximum Gasteiger partial charge on any atom is 0.325 e. The van der Waals surface area contributed by atoms with Crippen LogP contribution in [0.4, 0.5) is 25.1 Å². The SMILES string of the molecule is CCc1noc(C)c1NC(=O)Nc1cccc(OCC(F)F)n1. The van der Waals surface area contributed by atoms with E-state index in [0.717, 1.165) is 0 Å². The van der Waals surface area contributed by atoms with E-state index in [0.29, 0.717) is 23.6 Å². The number of halogens is 2. The first-order valence-electron chi connectivity index (χ1n) is 6.90. The number of urea groups is 1. The third-order valence-electron chi connectivity index (χ3n) is 2.83. The maximum absolute atomic E-state index is 12.1. The standard InChI is InChI=1S/C14H16F2N4O3/c1-3-9-13(8(2)23-20-9)19-14(21)18-11-5-4-6-12(17-11)22-7-10(15)16/h4-6,10H,3,7H2,1-2H3,(H2,17,18,19,21). The molecule has 0 radical (unpaired) electrons. The predicted octanol–water partition coefficient (Wildman–Crippen LogP) is 3.23. The molecule has 0 saturated carbocycles. The van der Waals surface area contributed by atoms with Crippen LogP contribution in [0.1, 0.15) is 18.4 Å². The van der Waals surface area contributed by atoms with Gasteiger partial charge in [0.05, 0.1) is 0 Å². The number of aryl methyl sites for hydroxylation is 2. The van der Waals surface area contributed by atoms with Crippen molar-refractivity contribution in [3.05, 3.63) is 29.7 Å². The summed E-state index contributed by atoms with van der Waals surface area (Å²) in [7, 11) is 0. The number of alkyl halides is 2. The number of pyridine rings is 1. The molecule has 124 valence electrons. The third kappa shape index (κ3) is 4.63. The van der Waals surface area contributed by atoms with Gasteiger partial charge in [0.1, 0.15) is 17.2 Å². The Balaban J connectivity index is 2.00. The summed E-state index contributed by atoms with van der Waals surface area (Å²) in [5, 5.41) is 8.93. The monoisotopic (exact) mass is 326 g/mol. The van der Waals surface area contributed by atoms with Crippen molar-refractivity contribution in [2.45, 2.75) is 26.7 Å². The number of aromatic nitrogens is 2. The highest BCUT2D eigenvalue weighted by Crippen LogP contribution is 2.20. The van der Waals surface area contributed by atoms with Gasteiger partial charge in [0.15, 0.2) is 12.4 Å². The van der Waals surface area contributed by atoms with Crippen molar-refractivity contribution in [1.82, 2.24) is 10.1 Å². The lowest BCUT2D eigenvalue weighted by molar-refractivity contribution is 0.0796. The normalized spacial score (nSPS) is 10.7. The third-order valence-corrected chi connectivity index (χ3v) is 2.83. The second-order valence-corrected chi connectivity index (χ2v) is 4.56. The summed E-state index contributed by atoms with van der Waals surface area (Å²) in [4.78, 5) is 15.9. The van der Waals surface area contributed by atoms with Gasteiger partial charge >= 0.3 is 6.03 Å². The van der Waals surface area contributed by atoms with E-state index >= 15 is 0 Å². The Labute approximate surface area is 131 Å². The lowest BCUT2D eigenvalue weighted by atomic mass is 10.2. The molecule has 2 N–H and O–H groups in total. The van der Waals surface area contributed by atoms with Gasteiger partial charge in [0, 0.05) is 6.07 Å². The molecule has 2 aromatic heterocycles. The van der Waals surface area contributed by atoms with Crippen LogP contribution in [-0.2, 0) is 6.42 Å². The summed E-state index contributed by atoms with van der Waals surface area (Å²) >= 11 is 0. The quantitative estimate of drug-likeness (QED) is 0.850. The number of rotatable bonds is 6. The Hall–Kier alpha value is -2.71. The van der Waals surface area contributed by atoms with Gasteiger partial charge in [-0.15, -0.1) is 0 Å². The number of anilines is 2. The maximum atomic E-state index is 12.1. The van der Waals surface area contributed by atoms with Crippen LogP contribution in [-0.4, -0.2) is 29.2 Å². The molecule has 23 heavy (non-hydrogen) atoms. The fourth-order valence-electron chi connectivity index (χ4n) is 1.79. The minimum absolute atomic E-state index is 0.00138. The van der Waals surface area contributed by atoms with Gasteiger partial charge in [-0.3, -0.25) is 5.32 Å². The first-order chi connectivity index (χ1) is 11.0. The fraction of sp³-hybridized carbons (Fsp3) is 0.357. The molecule has 0 fully saturated rings. The number of hydrogen-bond acceptors (Lipinski definition) is 5. The van der Waals surface area contributed by atoms with Crippen LogP contribution in [0.15, 0.2) is 22.7 Å². The van der Waals surface area contributed by atoms with Crippen LogP contribution in [0, 0.1) is 6.92 Å². The van der Waals surface area contributed by atoms with Crippen LogP contribution in [0.3, 0.4) is 0 Å². The molecule has 0 aliphatic rings. The van der Waals surface area contributed by atoms with Crippen molar-refractivity contribution in [3.8, 4) is 5.88 Å². The van der Waals surface area contributed by atoms with Gasteiger partial charge in [-0.1, -0.05) is 18.1 Å². The van der Waals surface area contributed by atoms with Crippen molar-refractivity contribution >= 4 is 17.5 Å². The average Bonchev–Trinajstić information content (AvgIpc) is 2.86. The van der Waals surface area contributed by atoms with Gasteiger partial charge in [-0.25, -0.2) is 13.6 Å². The van der Waals surface area contributed by atoms with E-state index in [4.69, 9.17) is 9.26 Å². The Morgan fingerprint density at radius 3 is 2.87 bits per heavy atom. The zero-order valence-electron chi connectivity index (χ0n) is 12.6. The predicted molar refractivity (Wildman–Crippen MR) is 79.0 cm³/mol. The van der Waals surface area contributed by atoms with Gasteiger partial charge in [0.25, 0.3) is 6.43 Å². The molecule has 2 rings (SSSR count). The molecular weight excluding hydrogens is 310 g/mol. The van der Waals surface area contributed by atoms with Crippen molar-refractivity contribution in [3.63, 3.8) is 0 Å². The molecule has 0 unspecified atom stereocenters. The second-order valence-electron chi connectivity index (χ2n) is 4.56. The van der Waals surface area contributed by atoms with E-state index in [2.05, 4.69) is 20.8 Å². The lowest BCUT2D eigenvalue weighted by Crippen LogP contribution is -2.21. The van der Waals surface area contributed by atoms with E-state index in [1.54, 1.807) is 6.92 Å². The van der Waals surface area contributed by atoms with Crippen LogP contribution in [0.25, 0.3) is 0 Å². The molecule has 0 atom stereocenters. The van der Waals surface area contributed by atoms with E-state index in [1.165, 1.54) is 18.2 Å². The number of amides is 2. The van der Waals surface area contributed by atoms with Crippen LogP contribution < -0.4 is 15.4 Å². The molecule has 7 nitrogen and oxygen atoms in total. The van der Waals surface area contributed by atoms with E-state index in [1.807, 2.05) is 6.92 Å². The average molecular weight is 326 g/mol. The minimum Gasteiger partial charge on any atom is -0.472 e. The van der Waals surface area contributed by atoms with Crippen LogP contribution in [0.5, 0.6) is 5.88 Å². The van der Waals surface area contributed by atoms with E-state index in [9.17, 15) is 13.6 Å². The molecule has 0 aromatic carbocycles. The van der Waals surface area contributed by atoms with E-state index < -0.39 is 19.1 Å². The summed E-state index contributed by atoms with van der Waals surface area (Å²) in [5.41, 5.74) is 1.12. The largest absolute Gasteiger partial charge is 0.472 e. The zero-order chi connectivity index (χ0) is 16.8. The van der Waals surface area contributed by atoms with Crippen LogP contribution >= 0.6 is 0 Å². The molecule has 0 spiro atoms. The molecule has 0 aliphatic carbocycles. The molecule has 2 heterocycles. The molecule has 0 aliphatic heterocycles. The highest BCUT2D eigenvalue weighted by atomic mass is 19.3. The summed E-state index contributed by atoms with van der Waals surface area (Å²) in [5.74, 6) is 0.652. The lowest BCUT2D eigenvalue weighted by Gasteiger charge is -2.09. The fourth-order valence-corrected chi connectivity index (χ4v) is 1.79. The van der Waals surface area contributed by atoms with Gasteiger partial charge in [-0.05, 0) is 19.4 Å². The molecule has 2 aromatic rings. The second kappa shape index (κ2) is 7.52. The smallest absolute Gasteiger partial charge is 0.325 e. The van der Waals surface area contributed by atoms with Crippen molar-refractivity contribution in [1.29, 1.82) is 0 Å². The van der Waals surface area contributed by atoms with Crippen LogP contribution in [0.2, 0.25) is 0 Å². The van der Waals surface area contributed by atoms with Gasteiger partial charge in [-0.2, -0.15) is 4.98 Å². The number of nitrogens with one attached hydrogen (secondary N) is 2.